The Kier molecular flexibility index (Phi) is 4.20. The highest BCUT2D eigenvalue weighted by molar-refractivity contribution is 9.10. The molecule has 1 aromatic heterocycles. The molecule has 1 amide bonds. The number of hydrogen-bond donors (Lipinski definition) is 1. The van der Waals surface area contributed by atoms with Crippen LogP contribution in [0.4, 0.5) is 5.69 Å². The summed E-state index contributed by atoms with van der Waals surface area (Å²) in [6.07, 6.45) is 6.83. The summed E-state index contributed by atoms with van der Waals surface area (Å²) in [6, 6.07) is 8.61. The summed E-state index contributed by atoms with van der Waals surface area (Å²) in [5, 5.41) is 2.87. The Morgan fingerprint density at radius 1 is 1.42 bits per heavy atom. The normalized spacial score (nSPS) is 9.74. The molecule has 0 aliphatic rings. The molecule has 0 saturated heterocycles. The first-order chi connectivity index (χ1) is 9.10. The molecular weight excluding hydrogens is 328 g/mol. The van der Waals surface area contributed by atoms with Gasteiger partial charge in [0.1, 0.15) is 5.15 Å². The van der Waals surface area contributed by atoms with Crippen LogP contribution in [0.25, 0.3) is 0 Å². The molecule has 0 spiro atoms. The molecule has 0 saturated carbocycles. The fourth-order valence-electron chi connectivity index (χ4n) is 1.47. The van der Waals surface area contributed by atoms with Gasteiger partial charge in [0, 0.05) is 21.9 Å². The minimum atomic E-state index is -0.340. The highest BCUT2D eigenvalue weighted by Gasteiger charge is 2.12. The number of amides is 1. The van der Waals surface area contributed by atoms with E-state index in [2.05, 4.69) is 32.2 Å². The lowest BCUT2D eigenvalue weighted by molar-refractivity contribution is 0.102. The fourth-order valence-corrected chi connectivity index (χ4v) is 1.99. The average molecular weight is 336 g/mol. The number of hydrogen-bond acceptors (Lipinski definition) is 2. The van der Waals surface area contributed by atoms with E-state index in [0.717, 1.165) is 0 Å². The maximum absolute atomic E-state index is 12.1. The Morgan fingerprint density at radius 3 is 2.95 bits per heavy atom. The van der Waals surface area contributed by atoms with Crippen LogP contribution in [0.2, 0.25) is 5.15 Å². The minimum Gasteiger partial charge on any atom is -0.322 e. The van der Waals surface area contributed by atoms with Crippen molar-refractivity contribution in [3.8, 4) is 12.3 Å². The van der Waals surface area contributed by atoms with Crippen LogP contribution in [0.3, 0.4) is 0 Å². The van der Waals surface area contributed by atoms with Gasteiger partial charge in [-0.05, 0) is 40.2 Å². The minimum absolute atomic E-state index is 0.147. The summed E-state index contributed by atoms with van der Waals surface area (Å²) in [7, 11) is 0. The van der Waals surface area contributed by atoms with E-state index < -0.39 is 0 Å². The zero-order valence-electron chi connectivity index (χ0n) is 9.65. The van der Waals surface area contributed by atoms with Gasteiger partial charge < -0.3 is 5.32 Å². The first-order valence-electron chi connectivity index (χ1n) is 5.29. The Bertz CT molecular complexity index is 679. The highest BCUT2D eigenvalue weighted by atomic mass is 79.9. The molecule has 1 N–H and O–H groups in total. The molecule has 2 rings (SSSR count). The van der Waals surface area contributed by atoms with Crippen LogP contribution in [0.1, 0.15) is 15.9 Å². The molecule has 1 aromatic carbocycles. The zero-order chi connectivity index (χ0) is 13.8. The van der Waals surface area contributed by atoms with Crippen LogP contribution in [-0.2, 0) is 0 Å². The van der Waals surface area contributed by atoms with Crippen molar-refractivity contribution in [1.82, 2.24) is 4.98 Å². The predicted molar refractivity (Wildman–Crippen MR) is 79.3 cm³/mol. The van der Waals surface area contributed by atoms with Crippen molar-refractivity contribution in [1.29, 1.82) is 0 Å². The Hall–Kier alpha value is -1.83. The number of carbonyl (C=O) groups is 1. The number of benzene rings is 1. The molecule has 2 aromatic rings. The summed E-state index contributed by atoms with van der Waals surface area (Å²) in [4.78, 5) is 16.0. The lowest BCUT2D eigenvalue weighted by atomic mass is 10.2. The largest absolute Gasteiger partial charge is 0.322 e. The standard InChI is InChI=1S/C14H8BrClN2O/c1-2-9-4-3-5-11(6-9)18-14(19)12-7-10(15)8-17-13(12)16/h1,3-8H,(H,18,19). The fraction of sp³-hybridized carbons (Fsp3) is 0. The molecule has 1 heterocycles. The number of rotatable bonds is 2. The smallest absolute Gasteiger partial charge is 0.258 e. The van der Waals surface area contributed by atoms with Crippen molar-refractivity contribution in [2.45, 2.75) is 0 Å². The Labute approximate surface area is 124 Å². The van der Waals surface area contributed by atoms with Gasteiger partial charge in [0.25, 0.3) is 5.91 Å². The van der Waals surface area contributed by atoms with Gasteiger partial charge in [-0.3, -0.25) is 4.79 Å². The zero-order valence-corrected chi connectivity index (χ0v) is 12.0. The second-order valence-corrected chi connectivity index (χ2v) is 4.94. The van der Waals surface area contributed by atoms with Gasteiger partial charge in [0.2, 0.25) is 0 Å². The molecule has 0 aliphatic heterocycles. The summed E-state index contributed by atoms with van der Waals surface area (Å²) in [5.41, 5.74) is 1.59. The first kappa shape index (κ1) is 13.6. The van der Waals surface area contributed by atoms with Crippen LogP contribution >= 0.6 is 27.5 Å². The Morgan fingerprint density at radius 2 is 2.21 bits per heavy atom. The molecule has 0 unspecified atom stereocenters. The van der Waals surface area contributed by atoms with E-state index in [9.17, 15) is 4.79 Å². The molecule has 0 bridgehead atoms. The van der Waals surface area contributed by atoms with E-state index in [-0.39, 0.29) is 11.1 Å². The molecule has 0 fully saturated rings. The van der Waals surface area contributed by atoms with Gasteiger partial charge in [-0.1, -0.05) is 23.6 Å². The summed E-state index contributed by atoms with van der Waals surface area (Å²) >= 11 is 9.14. The molecular formula is C14H8BrClN2O. The number of aromatic nitrogens is 1. The third kappa shape index (κ3) is 3.34. The van der Waals surface area contributed by atoms with Crippen LogP contribution < -0.4 is 5.32 Å². The number of carbonyl (C=O) groups excluding carboxylic acids is 1. The van der Waals surface area contributed by atoms with Crippen molar-refractivity contribution < 1.29 is 4.79 Å². The number of halogens is 2. The monoisotopic (exact) mass is 334 g/mol. The number of pyridine rings is 1. The molecule has 0 atom stereocenters. The topological polar surface area (TPSA) is 42.0 Å². The van der Waals surface area contributed by atoms with Gasteiger partial charge in [0.05, 0.1) is 5.56 Å². The van der Waals surface area contributed by atoms with Gasteiger partial charge in [-0.15, -0.1) is 6.42 Å². The van der Waals surface area contributed by atoms with Crippen LogP contribution in [0.15, 0.2) is 41.0 Å². The lowest BCUT2D eigenvalue weighted by Crippen LogP contribution is -2.13. The molecule has 5 heteroatoms. The second kappa shape index (κ2) is 5.87. The number of nitrogens with one attached hydrogen (secondary N) is 1. The van der Waals surface area contributed by atoms with Crippen molar-refractivity contribution >= 4 is 39.1 Å². The molecule has 3 nitrogen and oxygen atoms in total. The van der Waals surface area contributed by atoms with Gasteiger partial charge >= 0.3 is 0 Å². The van der Waals surface area contributed by atoms with Gasteiger partial charge in [0.15, 0.2) is 0 Å². The maximum atomic E-state index is 12.1. The summed E-state index contributed by atoms with van der Waals surface area (Å²) in [5.74, 6) is 2.16. The van der Waals surface area contributed by atoms with Crippen LogP contribution in [-0.4, -0.2) is 10.9 Å². The van der Waals surface area contributed by atoms with Gasteiger partial charge in [-0.25, -0.2) is 4.98 Å². The summed E-state index contributed by atoms with van der Waals surface area (Å²) in [6.45, 7) is 0. The first-order valence-corrected chi connectivity index (χ1v) is 6.46. The molecule has 0 radical (unpaired) electrons. The SMILES string of the molecule is C#Cc1cccc(NC(=O)c2cc(Br)cnc2Cl)c1. The van der Waals surface area contributed by atoms with E-state index >= 15 is 0 Å². The maximum Gasteiger partial charge on any atom is 0.258 e. The summed E-state index contributed by atoms with van der Waals surface area (Å²) < 4.78 is 0.680. The third-order valence-corrected chi connectivity index (χ3v) is 3.07. The van der Waals surface area contributed by atoms with E-state index in [1.165, 1.54) is 6.20 Å². The highest BCUT2D eigenvalue weighted by Crippen LogP contribution is 2.19. The van der Waals surface area contributed by atoms with E-state index in [0.29, 0.717) is 21.3 Å². The second-order valence-electron chi connectivity index (χ2n) is 3.67. The van der Waals surface area contributed by atoms with E-state index in [1.807, 2.05) is 0 Å². The molecule has 0 aliphatic carbocycles. The van der Waals surface area contributed by atoms with Crippen molar-refractivity contribution in [2.24, 2.45) is 0 Å². The number of nitrogens with zero attached hydrogens (tertiary/aromatic N) is 1. The average Bonchev–Trinajstić information content (AvgIpc) is 2.41. The predicted octanol–water partition coefficient (Wildman–Crippen LogP) is 3.73. The van der Waals surface area contributed by atoms with Crippen molar-refractivity contribution in [3.05, 3.63) is 57.3 Å². The lowest BCUT2D eigenvalue weighted by Gasteiger charge is -2.07. The van der Waals surface area contributed by atoms with E-state index in [1.54, 1.807) is 30.3 Å². The van der Waals surface area contributed by atoms with E-state index in [4.69, 9.17) is 18.0 Å². The number of terminal acetylenes is 1. The molecule has 19 heavy (non-hydrogen) atoms. The van der Waals surface area contributed by atoms with Crippen molar-refractivity contribution in [2.75, 3.05) is 5.32 Å². The third-order valence-electron chi connectivity index (χ3n) is 2.34. The number of anilines is 1. The molecule has 94 valence electrons. The quantitative estimate of drug-likeness (QED) is 0.671. The van der Waals surface area contributed by atoms with Crippen LogP contribution in [0.5, 0.6) is 0 Å². The van der Waals surface area contributed by atoms with Crippen LogP contribution in [0, 0.1) is 12.3 Å². The van der Waals surface area contributed by atoms with Gasteiger partial charge in [-0.2, -0.15) is 0 Å². The Balaban J connectivity index is 2.26. The van der Waals surface area contributed by atoms with Crippen molar-refractivity contribution in [3.63, 3.8) is 0 Å².